The van der Waals surface area contributed by atoms with E-state index in [0.717, 1.165) is 12.0 Å². The van der Waals surface area contributed by atoms with E-state index in [1.807, 2.05) is 19.9 Å². The Bertz CT molecular complexity index is 974. The molecule has 0 aromatic carbocycles. The molecule has 10 heteroatoms. The first-order chi connectivity index (χ1) is 18.3. The monoisotopic (exact) mass is 549 g/mol. The number of hydrogen-bond acceptors (Lipinski definition) is 8. The van der Waals surface area contributed by atoms with Crippen molar-refractivity contribution in [3.63, 3.8) is 0 Å². The van der Waals surface area contributed by atoms with Crippen molar-refractivity contribution in [1.82, 2.24) is 9.88 Å². The molecule has 1 aromatic rings. The van der Waals surface area contributed by atoms with E-state index in [-0.39, 0.29) is 37.3 Å². The lowest BCUT2D eigenvalue weighted by atomic mass is 9.88. The second-order valence-electron chi connectivity index (χ2n) is 11.8. The van der Waals surface area contributed by atoms with Gasteiger partial charge in [-0.05, 0) is 39.0 Å². The summed E-state index contributed by atoms with van der Waals surface area (Å²) in [4.78, 5) is 47.3. The summed E-state index contributed by atoms with van der Waals surface area (Å²) in [6.45, 7) is 15.3. The average molecular weight is 550 g/mol. The minimum atomic E-state index is -0.708. The zero-order valence-corrected chi connectivity index (χ0v) is 25.1. The van der Waals surface area contributed by atoms with Crippen LogP contribution in [-0.2, 0) is 23.8 Å². The Morgan fingerprint density at radius 1 is 1.08 bits per heavy atom. The van der Waals surface area contributed by atoms with Crippen LogP contribution in [0.15, 0.2) is 12.3 Å². The Labute approximate surface area is 233 Å². The number of anilines is 1. The van der Waals surface area contributed by atoms with Crippen molar-refractivity contribution < 1.29 is 33.3 Å². The molecule has 2 atom stereocenters. The molecule has 2 amide bonds. The van der Waals surface area contributed by atoms with E-state index in [1.165, 1.54) is 12.0 Å². The van der Waals surface area contributed by atoms with Crippen LogP contribution in [-0.4, -0.2) is 80.5 Å². The maximum Gasteiger partial charge on any atom is 0.410 e. The molecule has 0 N–H and O–H groups in total. The maximum absolute atomic E-state index is 14.1. The number of pyridine rings is 1. The van der Waals surface area contributed by atoms with Crippen LogP contribution in [0, 0.1) is 17.8 Å². The van der Waals surface area contributed by atoms with E-state index >= 15 is 0 Å². The molecule has 1 aliphatic rings. The molecule has 2 heterocycles. The molecule has 0 unspecified atom stereocenters. The van der Waals surface area contributed by atoms with Gasteiger partial charge >= 0.3 is 12.1 Å². The first-order valence-corrected chi connectivity index (χ1v) is 13.8. The molecule has 39 heavy (non-hydrogen) atoms. The quantitative estimate of drug-likeness (QED) is 0.290. The maximum atomic E-state index is 14.1. The van der Waals surface area contributed by atoms with Crippen LogP contribution in [0.2, 0.25) is 0 Å². The molecular weight excluding hydrogens is 502 g/mol. The number of piperidine rings is 1. The first-order valence-electron chi connectivity index (χ1n) is 13.8. The third kappa shape index (κ3) is 9.67. The zero-order chi connectivity index (χ0) is 29.3. The van der Waals surface area contributed by atoms with Crippen molar-refractivity contribution in [2.75, 3.05) is 52.0 Å². The number of methoxy groups -OCH3 is 2. The number of esters is 1. The second kappa shape index (κ2) is 14.5. The van der Waals surface area contributed by atoms with Crippen molar-refractivity contribution in [2.45, 2.75) is 72.8 Å². The smallest absolute Gasteiger partial charge is 0.410 e. The highest BCUT2D eigenvalue weighted by Gasteiger charge is 2.41. The van der Waals surface area contributed by atoms with Crippen LogP contribution in [0.4, 0.5) is 10.6 Å². The average Bonchev–Trinajstić information content (AvgIpc) is 2.87. The lowest BCUT2D eigenvalue weighted by Crippen LogP contribution is -2.52. The molecule has 0 saturated carbocycles. The van der Waals surface area contributed by atoms with Crippen LogP contribution in [0.25, 0.3) is 0 Å². The van der Waals surface area contributed by atoms with Gasteiger partial charge in [0.1, 0.15) is 17.2 Å². The summed E-state index contributed by atoms with van der Waals surface area (Å²) in [7, 11) is 2.96. The summed E-state index contributed by atoms with van der Waals surface area (Å²) in [6.07, 6.45) is 2.20. The van der Waals surface area contributed by atoms with Crippen LogP contribution in [0.5, 0.6) is 5.75 Å². The van der Waals surface area contributed by atoms with Gasteiger partial charge in [-0.15, -0.1) is 0 Å². The highest BCUT2D eigenvalue weighted by molar-refractivity contribution is 5.95. The Hall–Kier alpha value is -2.88. The van der Waals surface area contributed by atoms with Crippen molar-refractivity contribution >= 4 is 23.8 Å². The molecule has 1 aliphatic heterocycles. The molecule has 0 aliphatic carbocycles. The number of likely N-dealkylation sites (tertiary alicyclic amines) is 1. The summed E-state index contributed by atoms with van der Waals surface area (Å²) in [5.74, 6) is -0.450. The van der Waals surface area contributed by atoms with E-state index in [0.29, 0.717) is 31.3 Å². The number of aromatic nitrogens is 1. The third-order valence-corrected chi connectivity index (χ3v) is 6.33. The molecule has 0 spiro atoms. The Kier molecular flexibility index (Phi) is 12.0. The van der Waals surface area contributed by atoms with Crippen molar-refractivity contribution in [2.24, 2.45) is 17.8 Å². The lowest BCUT2D eigenvalue weighted by molar-refractivity contribution is -0.148. The summed E-state index contributed by atoms with van der Waals surface area (Å²) in [6, 6.07) is 1.81. The highest BCUT2D eigenvalue weighted by Crippen LogP contribution is 2.32. The SMILES string of the molecule is COCCCOc1cc(N(CC(C)C)C(=O)[C@@H]2C[C@H](C(=O)OC)CN(C(=O)OC(C)(C)C)C2)ncc1C(C)C. The van der Waals surface area contributed by atoms with Gasteiger partial charge in [0.15, 0.2) is 0 Å². The van der Waals surface area contributed by atoms with Crippen molar-refractivity contribution in [3.8, 4) is 5.75 Å². The minimum Gasteiger partial charge on any atom is -0.493 e. The summed E-state index contributed by atoms with van der Waals surface area (Å²) < 4.78 is 21.8. The zero-order valence-electron chi connectivity index (χ0n) is 25.1. The second-order valence-corrected chi connectivity index (χ2v) is 11.8. The predicted octanol–water partition coefficient (Wildman–Crippen LogP) is 4.66. The molecule has 1 fully saturated rings. The van der Waals surface area contributed by atoms with Gasteiger partial charge in [0.05, 0.1) is 25.6 Å². The lowest BCUT2D eigenvalue weighted by Gasteiger charge is -2.38. The molecule has 1 saturated heterocycles. The number of ether oxygens (including phenoxy) is 4. The molecule has 2 rings (SSSR count). The largest absolute Gasteiger partial charge is 0.493 e. The predicted molar refractivity (Wildman–Crippen MR) is 149 cm³/mol. The highest BCUT2D eigenvalue weighted by atomic mass is 16.6. The number of nitrogens with zero attached hydrogens (tertiary/aromatic N) is 3. The van der Waals surface area contributed by atoms with Gasteiger partial charge in [0.25, 0.3) is 0 Å². The molecule has 0 radical (unpaired) electrons. The minimum absolute atomic E-state index is 0.135. The van der Waals surface area contributed by atoms with Crippen LogP contribution >= 0.6 is 0 Å². The fraction of sp³-hybridized carbons (Fsp3) is 0.724. The van der Waals surface area contributed by atoms with E-state index in [4.69, 9.17) is 18.9 Å². The summed E-state index contributed by atoms with van der Waals surface area (Å²) in [5.41, 5.74) is 0.243. The normalized spacial score (nSPS) is 17.8. The van der Waals surface area contributed by atoms with E-state index in [9.17, 15) is 14.4 Å². The topological polar surface area (TPSA) is 108 Å². The fourth-order valence-corrected chi connectivity index (χ4v) is 4.50. The summed E-state index contributed by atoms with van der Waals surface area (Å²) in [5, 5.41) is 0. The molecule has 10 nitrogen and oxygen atoms in total. The number of hydrogen-bond donors (Lipinski definition) is 0. The van der Waals surface area contributed by atoms with Crippen LogP contribution in [0.1, 0.15) is 72.8 Å². The number of rotatable bonds is 11. The molecule has 1 aromatic heterocycles. The standard InChI is InChI=1S/C29H47N3O7/c1-19(2)16-32(25-14-24(38-12-10-11-36-8)23(15-30-25)20(3)4)26(33)21-13-22(27(34)37-9)18-31(17-21)28(35)39-29(5,6)7/h14-15,19-22H,10-13,16-18H2,1-9H3/t21-,22+/m1/s1. The van der Waals surface area contributed by atoms with Gasteiger partial charge in [0.2, 0.25) is 5.91 Å². The van der Waals surface area contributed by atoms with E-state index in [2.05, 4.69) is 18.8 Å². The van der Waals surface area contributed by atoms with Crippen molar-refractivity contribution in [3.05, 3.63) is 17.8 Å². The van der Waals surface area contributed by atoms with Gasteiger partial charge in [0, 0.05) is 57.6 Å². The van der Waals surface area contributed by atoms with Crippen molar-refractivity contribution in [1.29, 1.82) is 0 Å². The molecular formula is C29H47N3O7. The van der Waals surface area contributed by atoms with Gasteiger partial charge in [-0.3, -0.25) is 14.5 Å². The molecule has 0 bridgehead atoms. The Morgan fingerprint density at radius 2 is 1.74 bits per heavy atom. The third-order valence-electron chi connectivity index (χ3n) is 6.33. The van der Waals surface area contributed by atoms with Crippen LogP contribution < -0.4 is 9.64 Å². The van der Waals surface area contributed by atoms with Gasteiger partial charge in [-0.25, -0.2) is 9.78 Å². The Morgan fingerprint density at radius 3 is 2.31 bits per heavy atom. The summed E-state index contributed by atoms with van der Waals surface area (Å²) >= 11 is 0. The van der Waals surface area contributed by atoms with Crippen LogP contribution in [0.3, 0.4) is 0 Å². The Balaban J connectivity index is 2.41. The molecule has 220 valence electrons. The van der Waals surface area contributed by atoms with Gasteiger partial charge < -0.3 is 23.8 Å². The number of carbonyl (C=O) groups is 3. The van der Waals surface area contributed by atoms with Gasteiger partial charge in [-0.1, -0.05) is 27.7 Å². The van der Waals surface area contributed by atoms with E-state index < -0.39 is 29.5 Å². The van der Waals surface area contributed by atoms with E-state index in [1.54, 1.807) is 39.0 Å². The number of amides is 2. The fourth-order valence-electron chi connectivity index (χ4n) is 4.50. The van der Waals surface area contributed by atoms with Gasteiger partial charge in [-0.2, -0.15) is 0 Å². The first kappa shape index (κ1) is 32.3. The number of carbonyl (C=O) groups excluding carboxylic acids is 3.